The van der Waals surface area contributed by atoms with E-state index in [0.717, 1.165) is 23.5 Å². The van der Waals surface area contributed by atoms with Gasteiger partial charge in [0.25, 0.3) is 0 Å². The first-order valence-electron chi connectivity index (χ1n) is 6.49. The molecule has 0 saturated heterocycles. The minimum absolute atomic E-state index is 0.497. The topological polar surface area (TPSA) is 44.5 Å². The van der Waals surface area contributed by atoms with Gasteiger partial charge in [-0.2, -0.15) is 0 Å². The van der Waals surface area contributed by atoms with Crippen LogP contribution in [0.15, 0.2) is 54.6 Å². The lowest BCUT2D eigenvalue weighted by Gasteiger charge is -2.10. The highest BCUT2D eigenvalue weighted by Gasteiger charge is 2.00. The predicted molar refractivity (Wildman–Crippen MR) is 76.4 cm³/mol. The maximum absolute atomic E-state index is 5.71. The van der Waals surface area contributed by atoms with Crippen LogP contribution in [-0.4, -0.2) is 13.2 Å². The summed E-state index contributed by atoms with van der Waals surface area (Å²) in [6.45, 7) is 1.77. The Hall–Kier alpha value is -2.00. The lowest BCUT2D eigenvalue weighted by Crippen LogP contribution is -2.07. The highest BCUT2D eigenvalue weighted by atomic mass is 16.5. The second-order valence-corrected chi connectivity index (χ2v) is 4.18. The molecular weight excluding hydrogens is 238 g/mol. The van der Waals surface area contributed by atoms with Gasteiger partial charge < -0.3 is 15.2 Å². The van der Waals surface area contributed by atoms with Crippen LogP contribution in [0, 0.1) is 0 Å². The van der Waals surface area contributed by atoms with Crippen molar-refractivity contribution in [3.05, 3.63) is 60.2 Å². The summed E-state index contributed by atoms with van der Waals surface area (Å²) in [4.78, 5) is 0. The van der Waals surface area contributed by atoms with E-state index in [1.807, 2.05) is 54.6 Å². The zero-order chi connectivity index (χ0) is 13.3. The molecule has 2 rings (SSSR count). The zero-order valence-electron chi connectivity index (χ0n) is 10.9. The third-order valence-electron chi connectivity index (χ3n) is 2.75. The van der Waals surface area contributed by atoms with Crippen molar-refractivity contribution in [2.75, 3.05) is 13.2 Å². The van der Waals surface area contributed by atoms with Gasteiger partial charge in [0, 0.05) is 18.5 Å². The first-order chi connectivity index (χ1) is 9.40. The molecule has 0 fully saturated rings. The number of benzene rings is 2. The Morgan fingerprint density at radius 3 is 2.26 bits per heavy atom. The number of ether oxygens (including phenoxy) is 2. The van der Waals surface area contributed by atoms with Crippen molar-refractivity contribution in [2.45, 2.75) is 13.0 Å². The molecule has 0 spiro atoms. The molecule has 3 nitrogen and oxygen atoms in total. The third kappa shape index (κ3) is 4.30. The van der Waals surface area contributed by atoms with E-state index in [2.05, 4.69) is 0 Å². The molecule has 0 aliphatic carbocycles. The van der Waals surface area contributed by atoms with E-state index in [-0.39, 0.29) is 0 Å². The Labute approximate surface area is 114 Å². The van der Waals surface area contributed by atoms with Crippen LogP contribution in [-0.2, 0) is 6.54 Å². The fraction of sp³-hybridized carbons (Fsp3) is 0.250. The van der Waals surface area contributed by atoms with Crippen molar-refractivity contribution in [1.29, 1.82) is 0 Å². The van der Waals surface area contributed by atoms with Crippen LogP contribution in [0.25, 0.3) is 0 Å². The van der Waals surface area contributed by atoms with Crippen LogP contribution in [0.5, 0.6) is 11.5 Å². The Bertz CT molecular complexity index is 485. The molecule has 3 heteroatoms. The number of rotatable bonds is 7. The summed E-state index contributed by atoms with van der Waals surface area (Å²) < 4.78 is 11.3. The molecule has 0 unspecified atom stereocenters. The Morgan fingerprint density at radius 1 is 0.789 bits per heavy atom. The van der Waals surface area contributed by atoms with E-state index in [0.29, 0.717) is 19.8 Å². The molecule has 2 aromatic rings. The van der Waals surface area contributed by atoms with Crippen LogP contribution in [0.1, 0.15) is 12.0 Å². The van der Waals surface area contributed by atoms with Crippen LogP contribution in [0.2, 0.25) is 0 Å². The Balaban J connectivity index is 1.69. The van der Waals surface area contributed by atoms with Crippen LogP contribution >= 0.6 is 0 Å². The Morgan fingerprint density at radius 2 is 1.47 bits per heavy atom. The molecule has 0 heterocycles. The van der Waals surface area contributed by atoms with Gasteiger partial charge in [-0.15, -0.1) is 0 Å². The molecule has 19 heavy (non-hydrogen) atoms. The number of para-hydroxylation sites is 2. The molecular formula is C16H19NO2. The first kappa shape index (κ1) is 13.4. The highest BCUT2D eigenvalue weighted by Crippen LogP contribution is 2.17. The summed E-state index contributed by atoms with van der Waals surface area (Å²) in [7, 11) is 0. The molecule has 0 saturated carbocycles. The fourth-order valence-electron chi connectivity index (χ4n) is 1.76. The average Bonchev–Trinajstić information content (AvgIpc) is 2.48. The van der Waals surface area contributed by atoms with E-state index in [4.69, 9.17) is 15.2 Å². The first-order valence-corrected chi connectivity index (χ1v) is 6.49. The van der Waals surface area contributed by atoms with Crippen LogP contribution in [0.4, 0.5) is 0 Å². The van der Waals surface area contributed by atoms with Gasteiger partial charge in [0.2, 0.25) is 0 Å². The molecule has 0 aliphatic rings. The van der Waals surface area contributed by atoms with E-state index < -0.39 is 0 Å². The summed E-state index contributed by atoms with van der Waals surface area (Å²) in [6, 6.07) is 17.6. The lowest BCUT2D eigenvalue weighted by atomic mass is 10.2. The van der Waals surface area contributed by atoms with Crippen molar-refractivity contribution < 1.29 is 9.47 Å². The third-order valence-corrected chi connectivity index (χ3v) is 2.75. The summed E-state index contributed by atoms with van der Waals surface area (Å²) in [5, 5.41) is 0. The van der Waals surface area contributed by atoms with E-state index in [1.54, 1.807) is 0 Å². The summed E-state index contributed by atoms with van der Waals surface area (Å²) >= 11 is 0. The quantitative estimate of drug-likeness (QED) is 0.775. The van der Waals surface area contributed by atoms with Crippen LogP contribution in [0.3, 0.4) is 0 Å². The second kappa shape index (κ2) is 7.44. The standard InChI is InChI=1S/C16H19NO2/c17-13-14-7-4-5-10-16(14)19-12-6-11-18-15-8-2-1-3-9-15/h1-5,7-10H,6,11-13,17H2. The van der Waals surface area contributed by atoms with Crippen molar-refractivity contribution in [1.82, 2.24) is 0 Å². The van der Waals surface area contributed by atoms with Crippen LogP contribution < -0.4 is 15.2 Å². The monoisotopic (exact) mass is 257 g/mol. The molecule has 0 radical (unpaired) electrons. The molecule has 2 aromatic carbocycles. The van der Waals surface area contributed by atoms with Crippen molar-refractivity contribution in [3.8, 4) is 11.5 Å². The number of nitrogens with two attached hydrogens (primary N) is 1. The van der Waals surface area contributed by atoms with E-state index in [9.17, 15) is 0 Å². The molecule has 100 valence electrons. The van der Waals surface area contributed by atoms with Gasteiger partial charge in [-0.05, 0) is 18.2 Å². The zero-order valence-corrected chi connectivity index (χ0v) is 10.9. The maximum atomic E-state index is 5.71. The smallest absolute Gasteiger partial charge is 0.123 e. The molecule has 0 bridgehead atoms. The van der Waals surface area contributed by atoms with Crippen molar-refractivity contribution in [3.63, 3.8) is 0 Å². The number of hydrogen-bond donors (Lipinski definition) is 1. The van der Waals surface area contributed by atoms with Gasteiger partial charge in [-0.3, -0.25) is 0 Å². The van der Waals surface area contributed by atoms with Crippen molar-refractivity contribution in [2.24, 2.45) is 5.73 Å². The Kier molecular flexibility index (Phi) is 5.26. The van der Waals surface area contributed by atoms with Gasteiger partial charge in [0.15, 0.2) is 0 Å². The predicted octanol–water partition coefficient (Wildman–Crippen LogP) is 2.99. The summed E-state index contributed by atoms with van der Waals surface area (Å²) in [5.74, 6) is 1.76. The van der Waals surface area contributed by atoms with Gasteiger partial charge in [0.1, 0.15) is 11.5 Å². The molecule has 0 atom stereocenters. The second-order valence-electron chi connectivity index (χ2n) is 4.18. The molecule has 0 aliphatic heterocycles. The minimum Gasteiger partial charge on any atom is -0.493 e. The van der Waals surface area contributed by atoms with Gasteiger partial charge >= 0.3 is 0 Å². The number of hydrogen-bond acceptors (Lipinski definition) is 3. The summed E-state index contributed by atoms with van der Waals surface area (Å²) in [5.41, 5.74) is 6.69. The summed E-state index contributed by atoms with van der Waals surface area (Å²) in [6.07, 6.45) is 0.841. The molecule has 0 amide bonds. The lowest BCUT2D eigenvalue weighted by molar-refractivity contribution is 0.246. The molecule has 0 aromatic heterocycles. The maximum Gasteiger partial charge on any atom is 0.123 e. The highest BCUT2D eigenvalue weighted by molar-refractivity contribution is 5.32. The van der Waals surface area contributed by atoms with Gasteiger partial charge in [-0.25, -0.2) is 0 Å². The minimum atomic E-state index is 0.497. The normalized spacial score (nSPS) is 10.2. The largest absolute Gasteiger partial charge is 0.493 e. The van der Waals surface area contributed by atoms with E-state index in [1.165, 1.54) is 0 Å². The van der Waals surface area contributed by atoms with E-state index >= 15 is 0 Å². The van der Waals surface area contributed by atoms with Gasteiger partial charge in [-0.1, -0.05) is 36.4 Å². The SMILES string of the molecule is NCc1ccccc1OCCCOc1ccccc1. The van der Waals surface area contributed by atoms with Crippen molar-refractivity contribution >= 4 is 0 Å². The molecule has 2 N–H and O–H groups in total. The average molecular weight is 257 g/mol. The fourth-order valence-corrected chi connectivity index (χ4v) is 1.76. The van der Waals surface area contributed by atoms with Gasteiger partial charge in [0.05, 0.1) is 13.2 Å².